The maximum atomic E-state index is 12.1. The van der Waals surface area contributed by atoms with Gasteiger partial charge < -0.3 is 5.32 Å². The SMILES string of the molecule is C=CCn1ncc(NC2CCCCC2SC)c(Br)c1=O. The van der Waals surface area contributed by atoms with E-state index in [2.05, 4.69) is 39.2 Å². The summed E-state index contributed by atoms with van der Waals surface area (Å²) in [6, 6.07) is 0.409. The molecular weight excluding hydrogens is 338 g/mol. The van der Waals surface area contributed by atoms with Crippen molar-refractivity contribution in [2.45, 2.75) is 43.5 Å². The van der Waals surface area contributed by atoms with Gasteiger partial charge in [0.15, 0.2) is 0 Å². The van der Waals surface area contributed by atoms with Crippen molar-refractivity contribution >= 4 is 33.4 Å². The Morgan fingerprint density at radius 1 is 1.60 bits per heavy atom. The van der Waals surface area contributed by atoms with Gasteiger partial charge in [-0.15, -0.1) is 6.58 Å². The summed E-state index contributed by atoms with van der Waals surface area (Å²) in [5.74, 6) is 0. The topological polar surface area (TPSA) is 46.9 Å². The minimum absolute atomic E-state index is 0.119. The number of allylic oxidation sites excluding steroid dienone is 1. The molecule has 2 rings (SSSR count). The van der Waals surface area contributed by atoms with Crippen molar-refractivity contribution in [3.8, 4) is 0 Å². The van der Waals surface area contributed by atoms with Gasteiger partial charge in [0.05, 0.1) is 18.4 Å². The highest BCUT2D eigenvalue weighted by Gasteiger charge is 2.25. The first-order chi connectivity index (χ1) is 9.67. The number of nitrogens with one attached hydrogen (secondary N) is 1. The van der Waals surface area contributed by atoms with E-state index in [0.717, 1.165) is 12.1 Å². The summed E-state index contributed by atoms with van der Waals surface area (Å²) in [5.41, 5.74) is 0.674. The molecule has 0 aromatic carbocycles. The number of rotatable bonds is 5. The van der Waals surface area contributed by atoms with Gasteiger partial charge in [-0.2, -0.15) is 16.9 Å². The van der Waals surface area contributed by atoms with Crippen LogP contribution in [0.1, 0.15) is 25.7 Å². The Morgan fingerprint density at radius 3 is 3.05 bits per heavy atom. The predicted octanol–water partition coefficient (Wildman–Crippen LogP) is 3.28. The van der Waals surface area contributed by atoms with E-state index < -0.39 is 0 Å². The summed E-state index contributed by atoms with van der Waals surface area (Å²) >= 11 is 5.29. The fraction of sp³-hybridized carbons (Fsp3) is 0.571. The van der Waals surface area contributed by atoms with Gasteiger partial charge in [-0.05, 0) is 35.0 Å². The van der Waals surface area contributed by atoms with E-state index in [0.29, 0.717) is 22.3 Å². The molecule has 1 aliphatic carbocycles. The Kier molecular flexibility index (Phi) is 5.72. The first-order valence-corrected chi connectivity index (χ1v) is 8.91. The number of nitrogens with zero attached hydrogens (tertiary/aromatic N) is 2. The number of hydrogen-bond acceptors (Lipinski definition) is 4. The molecule has 4 nitrogen and oxygen atoms in total. The van der Waals surface area contributed by atoms with Gasteiger partial charge in [0.2, 0.25) is 0 Å². The van der Waals surface area contributed by atoms with Gasteiger partial charge in [-0.3, -0.25) is 4.79 Å². The van der Waals surface area contributed by atoms with Crippen LogP contribution in [0.15, 0.2) is 28.1 Å². The van der Waals surface area contributed by atoms with Crippen molar-refractivity contribution in [3.05, 3.63) is 33.7 Å². The molecule has 0 radical (unpaired) electrons. The predicted molar refractivity (Wildman–Crippen MR) is 89.6 cm³/mol. The van der Waals surface area contributed by atoms with Gasteiger partial charge in [-0.25, -0.2) is 4.68 Å². The molecule has 1 aromatic rings. The fourth-order valence-corrected chi connectivity index (χ4v) is 3.92. The van der Waals surface area contributed by atoms with Crippen molar-refractivity contribution in [1.82, 2.24) is 9.78 Å². The molecule has 0 amide bonds. The van der Waals surface area contributed by atoms with Crippen LogP contribution in [0.4, 0.5) is 5.69 Å². The number of anilines is 1. The summed E-state index contributed by atoms with van der Waals surface area (Å²) in [5, 5.41) is 8.27. The molecular formula is C14H20BrN3OS. The van der Waals surface area contributed by atoms with E-state index in [-0.39, 0.29) is 5.56 Å². The highest BCUT2D eigenvalue weighted by molar-refractivity contribution is 9.10. The summed E-state index contributed by atoms with van der Waals surface area (Å²) in [7, 11) is 0. The first-order valence-electron chi connectivity index (χ1n) is 6.83. The maximum Gasteiger partial charge on any atom is 0.283 e. The van der Waals surface area contributed by atoms with Gasteiger partial charge in [0, 0.05) is 11.3 Å². The maximum absolute atomic E-state index is 12.1. The Hall–Kier alpha value is -0.750. The second-order valence-corrected chi connectivity index (χ2v) is 6.83. The minimum atomic E-state index is -0.119. The zero-order valence-corrected chi connectivity index (χ0v) is 14.0. The van der Waals surface area contributed by atoms with Crippen molar-refractivity contribution < 1.29 is 0 Å². The van der Waals surface area contributed by atoms with Crippen LogP contribution < -0.4 is 10.9 Å². The van der Waals surface area contributed by atoms with Gasteiger partial charge in [0.1, 0.15) is 4.47 Å². The fourth-order valence-electron chi connectivity index (χ4n) is 2.56. The average Bonchev–Trinajstić information content (AvgIpc) is 2.47. The van der Waals surface area contributed by atoms with E-state index in [4.69, 9.17) is 0 Å². The molecule has 20 heavy (non-hydrogen) atoms. The summed E-state index contributed by atoms with van der Waals surface area (Å²) in [4.78, 5) is 12.1. The number of thioether (sulfide) groups is 1. The van der Waals surface area contributed by atoms with Crippen LogP contribution in [0, 0.1) is 0 Å². The molecule has 0 aliphatic heterocycles. The molecule has 6 heteroatoms. The Bertz CT molecular complexity index is 532. The Labute approximate surface area is 132 Å². The van der Waals surface area contributed by atoms with Crippen LogP contribution in [-0.4, -0.2) is 27.3 Å². The van der Waals surface area contributed by atoms with Crippen LogP contribution in [0.25, 0.3) is 0 Å². The second kappa shape index (κ2) is 7.31. The largest absolute Gasteiger partial charge is 0.379 e. The molecule has 1 heterocycles. The molecule has 0 bridgehead atoms. The number of hydrogen-bond donors (Lipinski definition) is 1. The van der Waals surface area contributed by atoms with Crippen molar-refractivity contribution in [2.24, 2.45) is 0 Å². The van der Waals surface area contributed by atoms with Gasteiger partial charge in [-0.1, -0.05) is 18.9 Å². The number of aromatic nitrogens is 2. The lowest BCUT2D eigenvalue weighted by Crippen LogP contribution is -2.35. The molecule has 110 valence electrons. The first kappa shape index (κ1) is 15.6. The zero-order valence-electron chi connectivity index (χ0n) is 11.6. The quantitative estimate of drug-likeness (QED) is 0.821. The van der Waals surface area contributed by atoms with Crippen LogP contribution >= 0.6 is 27.7 Å². The summed E-state index contributed by atoms with van der Waals surface area (Å²) < 4.78 is 1.95. The molecule has 1 saturated carbocycles. The third-order valence-electron chi connectivity index (χ3n) is 3.63. The minimum Gasteiger partial charge on any atom is -0.379 e. The summed E-state index contributed by atoms with van der Waals surface area (Å²) in [6.07, 6.45) is 10.5. The standard InChI is InChI=1S/C14H20BrN3OS/c1-3-8-18-14(19)13(15)11(9-16-18)17-10-6-4-5-7-12(10)20-2/h3,9-10,12,17H,1,4-8H2,2H3. The molecule has 1 N–H and O–H groups in total. The van der Waals surface area contributed by atoms with Crippen molar-refractivity contribution in [3.63, 3.8) is 0 Å². The molecule has 1 aromatic heterocycles. The Morgan fingerprint density at radius 2 is 2.35 bits per heavy atom. The van der Waals surface area contributed by atoms with Crippen LogP contribution in [0.2, 0.25) is 0 Å². The molecule has 1 fully saturated rings. The summed E-state index contributed by atoms with van der Waals surface area (Å²) in [6.45, 7) is 4.06. The van der Waals surface area contributed by atoms with Crippen molar-refractivity contribution in [1.29, 1.82) is 0 Å². The van der Waals surface area contributed by atoms with E-state index in [1.165, 1.54) is 23.9 Å². The molecule has 2 unspecified atom stereocenters. The van der Waals surface area contributed by atoms with Crippen molar-refractivity contribution in [2.75, 3.05) is 11.6 Å². The van der Waals surface area contributed by atoms with E-state index in [9.17, 15) is 4.79 Å². The third kappa shape index (κ3) is 3.47. The van der Waals surface area contributed by atoms with Crippen LogP contribution in [0.3, 0.4) is 0 Å². The number of halogens is 1. The smallest absolute Gasteiger partial charge is 0.283 e. The molecule has 1 aliphatic rings. The lowest BCUT2D eigenvalue weighted by Gasteiger charge is -2.31. The van der Waals surface area contributed by atoms with Crippen LogP contribution in [-0.2, 0) is 6.54 Å². The molecule has 2 atom stereocenters. The van der Waals surface area contributed by atoms with E-state index in [1.54, 1.807) is 12.3 Å². The highest BCUT2D eigenvalue weighted by atomic mass is 79.9. The van der Waals surface area contributed by atoms with Crippen LogP contribution in [0.5, 0.6) is 0 Å². The van der Waals surface area contributed by atoms with E-state index >= 15 is 0 Å². The lowest BCUT2D eigenvalue weighted by molar-refractivity contribution is 0.474. The average molecular weight is 358 g/mol. The van der Waals surface area contributed by atoms with E-state index in [1.807, 2.05) is 11.8 Å². The third-order valence-corrected chi connectivity index (χ3v) is 5.57. The monoisotopic (exact) mass is 357 g/mol. The second-order valence-electron chi connectivity index (χ2n) is 4.96. The highest BCUT2D eigenvalue weighted by Crippen LogP contribution is 2.30. The lowest BCUT2D eigenvalue weighted by atomic mass is 9.95. The normalized spacial score (nSPS) is 22.5. The van der Waals surface area contributed by atoms with Gasteiger partial charge in [0.25, 0.3) is 5.56 Å². The molecule has 0 spiro atoms. The Balaban J connectivity index is 2.19. The van der Waals surface area contributed by atoms with Gasteiger partial charge >= 0.3 is 0 Å². The molecule has 0 saturated heterocycles. The zero-order chi connectivity index (χ0) is 14.5.